The number of rotatable bonds is 1. The Balaban J connectivity index is 1.55. The number of aryl methyl sites for hydroxylation is 1. The predicted octanol–water partition coefficient (Wildman–Crippen LogP) is 5.53. The molecule has 0 radical (unpaired) electrons. The molecule has 5 nitrogen and oxygen atoms in total. The van der Waals surface area contributed by atoms with Crippen LogP contribution in [0.4, 0.5) is 19.0 Å². The number of H-pyrrole nitrogens is 1. The molecule has 0 spiro atoms. The number of aromatic amines is 1. The van der Waals surface area contributed by atoms with Gasteiger partial charge in [-0.2, -0.15) is 23.0 Å². The zero-order chi connectivity index (χ0) is 21.4. The summed E-state index contributed by atoms with van der Waals surface area (Å²) in [7, 11) is 0. The fourth-order valence-corrected chi connectivity index (χ4v) is 4.84. The predicted molar refractivity (Wildman–Crippen MR) is 113 cm³/mol. The SMILES string of the molecule is FC(F)(F)c1cc2c([N+]#CC3c4ccccc4CC[C@@H]3N3CCCCC3)ncnc2[nH]1. The van der Waals surface area contributed by atoms with Crippen molar-refractivity contribution in [3.8, 4) is 6.07 Å². The van der Waals surface area contributed by atoms with Gasteiger partial charge in [-0.15, -0.1) is 0 Å². The molecule has 1 unspecified atom stereocenters. The highest BCUT2D eigenvalue weighted by Gasteiger charge is 2.36. The number of aromatic nitrogens is 3. The second-order valence-corrected chi connectivity index (χ2v) is 8.26. The Morgan fingerprint density at radius 2 is 1.90 bits per heavy atom. The number of alkyl halides is 3. The third-order valence-corrected chi connectivity index (χ3v) is 6.36. The van der Waals surface area contributed by atoms with Crippen molar-refractivity contribution in [2.75, 3.05) is 13.1 Å². The van der Waals surface area contributed by atoms with Crippen molar-refractivity contribution in [3.63, 3.8) is 0 Å². The van der Waals surface area contributed by atoms with Crippen LogP contribution in [0.3, 0.4) is 0 Å². The van der Waals surface area contributed by atoms with Crippen LogP contribution < -0.4 is 0 Å². The number of benzene rings is 1. The Kier molecular flexibility index (Phi) is 5.14. The number of likely N-dealkylation sites (tertiary alicyclic amines) is 1. The lowest BCUT2D eigenvalue weighted by Gasteiger charge is -2.39. The van der Waals surface area contributed by atoms with Crippen LogP contribution in [0.5, 0.6) is 0 Å². The summed E-state index contributed by atoms with van der Waals surface area (Å²) in [5.74, 6) is 0.159. The van der Waals surface area contributed by atoms with Crippen molar-refractivity contribution in [1.29, 1.82) is 0 Å². The lowest BCUT2D eigenvalue weighted by atomic mass is 9.79. The zero-order valence-electron chi connectivity index (χ0n) is 17.0. The second kappa shape index (κ2) is 7.97. The number of nitrogens with one attached hydrogen (secondary N) is 1. The topological polar surface area (TPSA) is 49.2 Å². The summed E-state index contributed by atoms with van der Waals surface area (Å²) in [6.45, 7) is 2.13. The van der Waals surface area contributed by atoms with Crippen LogP contribution in [0.1, 0.15) is 48.4 Å². The Morgan fingerprint density at radius 3 is 2.71 bits per heavy atom. The van der Waals surface area contributed by atoms with E-state index in [9.17, 15) is 13.2 Å². The normalized spacial score (nSPS) is 22.0. The molecule has 1 aromatic carbocycles. The molecule has 2 aliphatic rings. The van der Waals surface area contributed by atoms with Gasteiger partial charge in [0.2, 0.25) is 6.33 Å². The van der Waals surface area contributed by atoms with E-state index in [0.29, 0.717) is 0 Å². The van der Waals surface area contributed by atoms with E-state index in [-0.39, 0.29) is 28.8 Å². The molecule has 1 fully saturated rings. The lowest BCUT2D eigenvalue weighted by Crippen LogP contribution is -2.44. The summed E-state index contributed by atoms with van der Waals surface area (Å²) in [6.07, 6.45) is 2.43. The van der Waals surface area contributed by atoms with Crippen LogP contribution in [-0.4, -0.2) is 39.0 Å². The molecule has 2 aromatic heterocycles. The number of hydrogen-bond donors (Lipinski definition) is 1. The average Bonchev–Trinajstić information content (AvgIpc) is 3.24. The van der Waals surface area contributed by atoms with Crippen molar-refractivity contribution >= 4 is 16.9 Å². The van der Waals surface area contributed by atoms with Gasteiger partial charge in [-0.25, -0.2) is 0 Å². The molecule has 2 atom stereocenters. The fraction of sp³-hybridized carbons (Fsp3) is 0.435. The van der Waals surface area contributed by atoms with E-state index < -0.39 is 11.9 Å². The molecule has 0 amide bonds. The Labute approximate surface area is 178 Å². The van der Waals surface area contributed by atoms with Gasteiger partial charge < -0.3 is 4.98 Å². The molecule has 1 N–H and O–H groups in total. The van der Waals surface area contributed by atoms with Crippen molar-refractivity contribution in [3.05, 3.63) is 58.3 Å². The van der Waals surface area contributed by atoms with Gasteiger partial charge in [-0.3, -0.25) is 4.90 Å². The van der Waals surface area contributed by atoms with Gasteiger partial charge in [0.15, 0.2) is 11.7 Å². The monoisotopic (exact) mass is 426 g/mol. The van der Waals surface area contributed by atoms with E-state index in [2.05, 4.69) is 42.9 Å². The van der Waals surface area contributed by atoms with Gasteiger partial charge in [0.1, 0.15) is 17.0 Å². The van der Waals surface area contributed by atoms with E-state index in [4.69, 9.17) is 0 Å². The molecule has 31 heavy (non-hydrogen) atoms. The molecule has 160 valence electrons. The van der Waals surface area contributed by atoms with Crippen LogP contribution in [0.15, 0.2) is 36.7 Å². The third kappa shape index (κ3) is 3.90. The third-order valence-electron chi connectivity index (χ3n) is 6.36. The summed E-state index contributed by atoms with van der Waals surface area (Å²) < 4.78 is 39.4. The van der Waals surface area contributed by atoms with Gasteiger partial charge in [-0.05, 0) is 61.0 Å². The molecular formula is C23H23F3N5+. The van der Waals surface area contributed by atoms with Gasteiger partial charge >= 0.3 is 12.0 Å². The molecule has 1 aliphatic heterocycles. The van der Waals surface area contributed by atoms with E-state index >= 15 is 0 Å². The minimum Gasteiger partial charge on any atom is -0.335 e. The largest absolute Gasteiger partial charge is 0.438 e. The van der Waals surface area contributed by atoms with E-state index in [1.165, 1.54) is 36.7 Å². The van der Waals surface area contributed by atoms with Gasteiger partial charge in [0.05, 0.1) is 0 Å². The molecule has 3 heterocycles. The minimum atomic E-state index is -4.48. The lowest BCUT2D eigenvalue weighted by molar-refractivity contribution is -0.140. The number of halogens is 3. The standard InChI is InChI=1S/C23H23F3N5/c24-23(25,26)20-12-17-21(28-14-29-22(17)30-20)27-13-18-16-7-3-2-6-15(16)8-9-19(18)31-10-4-1-5-11-31/h2-3,6-7,12,14,18-19H,1,4-5,8-11H2,(H,28,29,30)/q+1/t18?,19-/m0/s1. The molecule has 0 bridgehead atoms. The van der Waals surface area contributed by atoms with Crippen LogP contribution in [0, 0.1) is 6.07 Å². The van der Waals surface area contributed by atoms with Crippen molar-refractivity contribution in [2.45, 2.75) is 50.2 Å². The Hall–Kier alpha value is -2.92. The van der Waals surface area contributed by atoms with Crippen molar-refractivity contribution in [2.24, 2.45) is 0 Å². The number of piperidine rings is 1. The molecule has 1 saturated heterocycles. The zero-order valence-corrected chi connectivity index (χ0v) is 17.0. The summed E-state index contributed by atoms with van der Waals surface area (Å²) in [4.78, 5) is 17.4. The van der Waals surface area contributed by atoms with E-state index in [1.807, 2.05) is 12.1 Å². The maximum absolute atomic E-state index is 13.1. The summed E-state index contributed by atoms with van der Waals surface area (Å²) >= 11 is 0. The molecule has 5 rings (SSSR count). The number of hydrogen-bond acceptors (Lipinski definition) is 3. The first-order chi connectivity index (χ1) is 15.0. The molecule has 3 aromatic rings. The number of nitrogens with zero attached hydrogens (tertiary/aromatic N) is 4. The quantitative estimate of drug-likeness (QED) is 0.557. The first-order valence-electron chi connectivity index (χ1n) is 10.7. The highest BCUT2D eigenvalue weighted by molar-refractivity contribution is 5.88. The van der Waals surface area contributed by atoms with Gasteiger partial charge in [-0.1, -0.05) is 30.7 Å². The van der Waals surface area contributed by atoms with Crippen molar-refractivity contribution in [1.82, 2.24) is 19.9 Å². The van der Waals surface area contributed by atoms with E-state index in [1.54, 1.807) is 0 Å². The Bertz CT molecular complexity index is 1150. The molecule has 0 saturated carbocycles. The summed E-state index contributed by atoms with van der Waals surface area (Å²) in [5, 5.41) is 0.251. The first-order valence-corrected chi connectivity index (χ1v) is 10.7. The van der Waals surface area contributed by atoms with Crippen LogP contribution in [0.25, 0.3) is 15.9 Å². The Morgan fingerprint density at radius 1 is 1.10 bits per heavy atom. The maximum atomic E-state index is 13.1. The average molecular weight is 426 g/mol. The second-order valence-electron chi connectivity index (χ2n) is 8.26. The summed E-state index contributed by atoms with van der Waals surface area (Å²) in [5.41, 5.74) is 1.76. The summed E-state index contributed by atoms with van der Waals surface area (Å²) in [6, 6.07) is 12.9. The van der Waals surface area contributed by atoms with Gasteiger partial charge in [0, 0.05) is 6.04 Å². The van der Waals surface area contributed by atoms with Crippen molar-refractivity contribution < 1.29 is 13.2 Å². The van der Waals surface area contributed by atoms with Crippen LogP contribution in [-0.2, 0) is 12.6 Å². The smallest absolute Gasteiger partial charge is 0.335 e. The molecule has 8 heteroatoms. The van der Waals surface area contributed by atoms with Gasteiger partial charge in [0.25, 0.3) is 0 Å². The maximum Gasteiger partial charge on any atom is 0.438 e. The fourth-order valence-electron chi connectivity index (χ4n) is 4.84. The number of fused-ring (bicyclic) bond motifs is 2. The molecule has 1 aliphatic carbocycles. The first kappa shape index (κ1) is 20.0. The van der Waals surface area contributed by atoms with Crippen LogP contribution in [0.2, 0.25) is 0 Å². The molecular weight excluding hydrogens is 403 g/mol. The van der Waals surface area contributed by atoms with E-state index in [0.717, 1.165) is 32.0 Å². The highest BCUT2D eigenvalue weighted by atomic mass is 19.4. The highest BCUT2D eigenvalue weighted by Crippen LogP contribution is 2.37. The van der Waals surface area contributed by atoms with Crippen LogP contribution >= 0.6 is 0 Å². The minimum absolute atomic E-state index is 0.0471.